The summed E-state index contributed by atoms with van der Waals surface area (Å²) in [6, 6.07) is 8.79. The minimum absolute atomic E-state index is 0.0222. The summed E-state index contributed by atoms with van der Waals surface area (Å²) >= 11 is 0. The number of carbonyl (C=O) groups is 2. The first kappa shape index (κ1) is 26.0. The molecule has 4 aliphatic rings. The van der Waals surface area contributed by atoms with Crippen molar-refractivity contribution in [2.45, 2.75) is 49.8 Å². The Kier molecular flexibility index (Phi) is 6.76. The van der Waals surface area contributed by atoms with E-state index < -0.39 is 20.9 Å². The molecule has 0 saturated heterocycles. The third-order valence-electron chi connectivity index (χ3n) is 8.06. The lowest BCUT2D eigenvalue weighted by Gasteiger charge is -2.56. The molecular weight excluding hydrogens is 512 g/mol. The van der Waals surface area contributed by atoms with Crippen molar-refractivity contribution in [1.29, 1.82) is 0 Å². The van der Waals surface area contributed by atoms with Crippen LogP contribution in [0.2, 0.25) is 0 Å². The molecule has 4 saturated carbocycles. The molecule has 0 atom stereocenters. The average molecular weight is 543 g/mol. The normalized spacial score (nSPS) is 25.4. The van der Waals surface area contributed by atoms with Gasteiger partial charge in [-0.3, -0.25) is 35.3 Å². The van der Waals surface area contributed by atoms with Crippen LogP contribution in [-0.2, 0) is 14.8 Å². The Balaban J connectivity index is 1.23. The molecule has 12 heteroatoms. The van der Waals surface area contributed by atoms with Crippen LogP contribution in [0.1, 0.15) is 55.3 Å². The number of hydrogen-bond acceptors (Lipinski definition) is 7. The zero-order valence-electron chi connectivity index (χ0n) is 20.9. The van der Waals surface area contributed by atoms with E-state index in [2.05, 4.69) is 15.6 Å². The molecule has 6 rings (SSSR count). The molecule has 38 heavy (non-hydrogen) atoms. The fraction of sp³-hybridized carbons (Fsp3) is 0.462. The van der Waals surface area contributed by atoms with Crippen molar-refractivity contribution in [2.75, 3.05) is 11.8 Å². The predicted molar refractivity (Wildman–Crippen MR) is 138 cm³/mol. The lowest BCUT2D eigenvalue weighted by Crippen LogP contribution is -2.50. The van der Waals surface area contributed by atoms with E-state index in [4.69, 9.17) is 4.74 Å². The highest BCUT2D eigenvalue weighted by atomic mass is 32.2. The first-order valence-corrected chi connectivity index (χ1v) is 14.1. The number of hydrogen-bond donors (Lipinski definition) is 3. The quantitative estimate of drug-likeness (QED) is 0.338. The average Bonchev–Trinajstić information content (AvgIpc) is 2.86. The van der Waals surface area contributed by atoms with Gasteiger partial charge in [0.15, 0.2) is 0 Å². The molecule has 11 nitrogen and oxygen atoms in total. The van der Waals surface area contributed by atoms with Crippen LogP contribution in [0.5, 0.6) is 5.75 Å². The maximum absolute atomic E-state index is 13.0. The zero-order valence-corrected chi connectivity index (χ0v) is 21.8. The van der Waals surface area contributed by atoms with Crippen LogP contribution in [0.25, 0.3) is 0 Å². The first-order chi connectivity index (χ1) is 18.1. The molecule has 0 radical (unpaired) electrons. The number of amides is 2. The molecule has 4 aliphatic carbocycles. The Hall–Kier alpha value is -3.67. The van der Waals surface area contributed by atoms with E-state index in [-0.39, 0.29) is 38.9 Å². The van der Waals surface area contributed by atoms with Crippen molar-refractivity contribution in [1.82, 2.24) is 10.9 Å². The van der Waals surface area contributed by atoms with Crippen molar-refractivity contribution in [2.24, 2.45) is 23.2 Å². The van der Waals surface area contributed by atoms with Gasteiger partial charge in [0.2, 0.25) is 5.91 Å². The number of nitro benzene ring substituents is 1. The third kappa shape index (κ3) is 5.31. The molecule has 2 amide bonds. The topological polar surface area (TPSA) is 157 Å². The van der Waals surface area contributed by atoms with Crippen LogP contribution < -0.4 is 20.3 Å². The Morgan fingerprint density at radius 2 is 1.68 bits per heavy atom. The molecule has 4 fully saturated rings. The zero-order chi connectivity index (χ0) is 27.1. The standard InChI is InChI=1S/C26H30N4O7S/c1-37-23-6-5-20(30(33)34)11-22(23)29-38(35,36)21-4-2-3-19(10-21)25(32)28-27-24(31)15-26-12-16-7-17(13-26)9-18(8-16)14-26/h2-6,10-11,16-18,29H,7-9,12-15H2,1H3,(H,27,31)(H,28,32). The number of nitrogens with one attached hydrogen (secondary N) is 3. The van der Waals surface area contributed by atoms with Crippen molar-refractivity contribution in [3.8, 4) is 5.75 Å². The molecule has 202 valence electrons. The van der Waals surface area contributed by atoms with Gasteiger partial charge in [-0.05, 0) is 86.0 Å². The Morgan fingerprint density at radius 3 is 2.29 bits per heavy atom. The van der Waals surface area contributed by atoms with Gasteiger partial charge >= 0.3 is 0 Å². The number of methoxy groups -OCH3 is 1. The molecule has 2 aromatic carbocycles. The largest absolute Gasteiger partial charge is 0.495 e. The SMILES string of the molecule is COc1ccc([N+](=O)[O-])cc1NS(=O)(=O)c1cccc(C(=O)NNC(=O)CC23CC4CC(CC(C4)C2)C3)c1. The predicted octanol–water partition coefficient (Wildman–Crippen LogP) is 3.77. The fourth-order valence-electron chi connectivity index (χ4n) is 6.99. The first-order valence-electron chi connectivity index (χ1n) is 12.6. The van der Waals surface area contributed by atoms with E-state index in [1.54, 1.807) is 0 Å². The summed E-state index contributed by atoms with van der Waals surface area (Å²) in [5, 5.41) is 11.1. The number of non-ortho nitro benzene ring substituents is 1. The van der Waals surface area contributed by atoms with Crippen molar-refractivity contribution < 1.29 is 27.7 Å². The molecule has 4 bridgehead atoms. The number of ether oxygens (including phenoxy) is 1. The number of carbonyl (C=O) groups excluding carboxylic acids is 2. The number of hydrazine groups is 1. The van der Waals surface area contributed by atoms with Crippen LogP contribution >= 0.6 is 0 Å². The lowest BCUT2D eigenvalue weighted by atomic mass is 9.49. The van der Waals surface area contributed by atoms with Crippen molar-refractivity contribution in [3.05, 3.63) is 58.1 Å². The summed E-state index contributed by atoms with van der Waals surface area (Å²) in [6.07, 6.45) is 7.42. The number of nitro groups is 1. The molecule has 0 aliphatic heterocycles. The van der Waals surface area contributed by atoms with E-state index in [1.807, 2.05) is 0 Å². The van der Waals surface area contributed by atoms with Gasteiger partial charge in [0.25, 0.3) is 21.6 Å². The molecule has 3 N–H and O–H groups in total. The summed E-state index contributed by atoms with van der Waals surface area (Å²) < 4.78 is 33.4. The second kappa shape index (κ2) is 9.90. The summed E-state index contributed by atoms with van der Waals surface area (Å²) in [7, 11) is -2.92. The maximum atomic E-state index is 13.0. The smallest absolute Gasteiger partial charge is 0.271 e. The van der Waals surface area contributed by atoms with Gasteiger partial charge in [0.05, 0.1) is 22.6 Å². The fourth-order valence-corrected chi connectivity index (χ4v) is 8.09. The van der Waals surface area contributed by atoms with E-state index in [0.717, 1.165) is 31.4 Å². The van der Waals surface area contributed by atoms with Crippen LogP contribution in [0.15, 0.2) is 47.4 Å². The van der Waals surface area contributed by atoms with Gasteiger partial charge in [0, 0.05) is 24.1 Å². The van der Waals surface area contributed by atoms with E-state index in [9.17, 15) is 28.1 Å². The Morgan fingerprint density at radius 1 is 1.03 bits per heavy atom. The summed E-state index contributed by atoms with van der Waals surface area (Å²) in [4.78, 5) is 35.7. The highest BCUT2D eigenvalue weighted by molar-refractivity contribution is 7.92. The van der Waals surface area contributed by atoms with Gasteiger partial charge in [-0.25, -0.2) is 8.42 Å². The highest BCUT2D eigenvalue weighted by Gasteiger charge is 2.51. The Bertz CT molecular complexity index is 1360. The number of rotatable bonds is 8. The van der Waals surface area contributed by atoms with E-state index in [0.29, 0.717) is 24.2 Å². The number of benzene rings is 2. The Labute approximate surface area is 220 Å². The minimum atomic E-state index is -4.23. The molecule has 0 spiro atoms. The van der Waals surface area contributed by atoms with Crippen LogP contribution in [0, 0.1) is 33.3 Å². The molecular formula is C26H30N4O7S. The van der Waals surface area contributed by atoms with Gasteiger partial charge < -0.3 is 4.74 Å². The monoisotopic (exact) mass is 542 g/mol. The highest BCUT2D eigenvalue weighted by Crippen LogP contribution is 2.61. The van der Waals surface area contributed by atoms with E-state index in [1.165, 1.54) is 56.7 Å². The number of nitrogens with zero attached hydrogens (tertiary/aromatic N) is 1. The van der Waals surface area contributed by atoms with Crippen LogP contribution in [-0.4, -0.2) is 32.3 Å². The van der Waals surface area contributed by atoms with Gasteiger partial charge in [0.1, 0.15) is 5.75 Å². The minimum Gasteiger partial charge on any atom is -0.495 e. The number of anilines is 1. The molecule has 2 aromatic rings. The van der Waals surface area contributed by atoms with Crippen molar-refractivity contribution >= 4 is 33.2 Å². The van der Waals surface area contributed by atoms with Crippen LogP contribution in [0.4, 0.5) is 11.4 Å². The van der Waals surface area contributed by atoms with Gasteiger partial charge in [-0.2, -0.15) is 0 Å². The maximum Gasteiger partial charge on any atom is 0.271 e. The van der Waals surface area contributed by atoms with Crippen LogP contribution in [0.3, 0.4) is 0 Å². The summed E-state index contributed by atoms with van der Waals surface area (Å²) in [5.41, 5.74) is 4.51. The summed E-state index contributed by atoms with van der Waals surface area (Å²) in [5.74, 6) is 1.32. The second-order valence-electron chi connectivity index (χ2n) is 10.9. The van der Waals surface area contributed by atoms with Crippen molar-refractivity contribution in [3.63, 3.8) is 0 Å². The van der Waals surface area contributed by atoms with Gasteiger partial charge in [-0.15, -0.1) is 0 Å². The molecule has 0 unspecified atom stereocenters. The third-order valence-corrected chi connectivity index (χ3v) is 9.42. The lowest BCUT2D eigenvalue weighted by molar-refractivity contribution is -0.384. The summed E-state index contributed by atoms with van der Waals surface area (Å²) in [6.45, 7) is 0. The second-order valence-corrected chi connectivity index (χ2v) is 12.6. The molecule has 0 heterocycles. The van der Waals surface area contributed by atoms with Gasteiger partial charge in [-0.1, -0.05) is 6.07 Å². The number of sulfonamides is 1. The molecule has 0 aromatic heterocycles. The van der Waals surface area contributed by atoms with E-state index >= 15 is 0 Å².